The second kappa shape index (κ2) is 14.8. The van der Waals surface area contributed by atoms with Crippen LogP contribution in [0.15, 0.2) is 72.5 Å². The normalized spacial score (nSPS) is 19.2. The van der Waals surface area contributed by atoms with Crippen LogP contribution in [0.4, 0.5) is 0 Å². The number of aliphatic hydroxyl groups excluding tert-OH is 1. The lowest BCUT2D eigenvalue weighted by atomic mass is 10.0. The van der Waals surface area contributed by atoms with Crippen molar-refractivity contribution in [3.8, 4) is 0 Å². The van der Waals surface area contributed by atoms with E-state index in [4.69, 9.17) is 13.6 Å². The van der Waals surface area contributed by atoms with Crippen LogP contribution in [0.2, 0.25) is 21.7 Å². The first-order valence-electron chi connectivity index (χ1n) is 16.2. The summed E-state index contributed by atoms with van der Waals surface area (Å²) >= 11 is 0. The van der Waals surface area contributed by atoms with Gasteiger partial charge in [-0.25, -0.2) is 0 Å². The van der Waals surface area contributed by atoms with Gasteiger partial charge in [0.15, 0.2) is 0 Å². The SMILES string of the molecule is CC(O)CCC1=C[C@H](O[Si](C(C)C)(C(C)C)C(C)C)C[C@@H](CCO[Si](c2ccccc2)(c2ccccc2)C(C)(C)C)O1. The highest BCUT2D eigenvalue weighted by molar-refractivity contribution is 6.99. The standard InChI is InChI=1S/C36H58O4Si2/c1-27(2)41(28(3)4,29(5)6)40-33-25-31(22-21-30(7)37)39-32(26-33)23-24-38-42(36(8,9)10,34-17-13-11-14-18-34)35-19-15-12-16-20-35/h11-20,25,27-30,32-33,37H,21-24,26H2,1-10H3/t30?,32-,33+/m1/s1. The number of allylic oxidation sites excluding steroid dienone is 1. The van der Waals surface area contributed by atoms with Crippen LogP contribution in [-0.2, 0) is 13.6 Å². The van der Waals surface area contributed by atoms with Crippen LogP contribution in [0.1, 0.15) is 94.9 Å². The van der Waals surface area contributed by atoms with Gasteiger partial charge in [-0.05, 0) is 51.5 Å². The Labute approximate surface area is 259 Å². The van der Waals surface area contributed by atoms with Gasteiger partial charge in [-0.2, -0.15) is 0 Å². The number of aliphatic hydroxyl groups is 1. The van der Waals surface area contributed by atoms with E-state index >= 15 is 0 Å². The summed E-state index contributed by atoms with van der Waals surface area (Å²) in [6.07, 6.45) is 4.95. The van der Waals surface area contributed by atoms with Crippen molar-refractivity contribution >= 4 is 27.0 Å². The van der Waals surface area contributed by atoms with Gasteiger partial charge in [0.1, 0.15) is 6.10 Å². The van der Waals surface area contributed by atoms with Gasteiger partial charge in [-0.1, -0.05) is 123 Å². The van der Waals surface area contributed by atoms with E-state index in [1.165, 1.54) is 10.4 Å². The van der Waals surface area contributed by atoms with E-state index in [-0.39, 0.29) is 23.4 Å². The molecule has 0 bridgehead atoms. The molecule has 1 aliphatic rings. The molecule has 42 heavy (non-hydrogen) atoms. The molecule has 2 aromatic carbocycles. The van der Waals surface area contributed by atoms with Crippen molar-refractivity contribution < 1.29 is 18.7 Å². The number of hydrogen-bond acceptors (Lipinski definition) is 4. The zero-order valence-electron chi connectivity index (χ0n) is 28.0. The molecule has 6 heteroatoms. The molecule has 2 aromatic rings. The van der Waals surface area contributed by atoms with Crippen LogP contribution in [-0.4, -0.2) is 46.7 Å². The number of hydrogen-bond donors (Lipinski definition) is 1. The zero-order valence-corrected chi connectivity index (χ0v) is 30.0. The Hall–Kier alpha value is -1.71. The smallest absolute Gasteiger partial charge is 0.261 e. The molecule has 3 rings (SSSR count). The van der Waals surface area contributed by atoms with Gasteiger partial charge in [0, 0.05) is 25.9 Å². The van der Waals surface area contributed by atoms with E-state index in [1.54, 1.807) is 0 Å². The number of ether oxygens (including phenoxy) is 1. The summed E-state index contributed by atoms with van der Waals surface area (Å²) in [6, 6.07) is 21.7. The maximum atomic E-state index is 10.0. The van der Waals surface area contributed by atoms with Crippen LogP contribution >= 0.6 is 0 Å². The first kappa shape index (κ1) is 34.8. The molecule has 3 atom stereocenters. The molecule has 0 amide bonds. The van der Waals surface area contributed by atoms with E-state index in [0.29, 0.717) is 29.7 Å². The summed E-state index contributed by atoms with van der Waals surface area (Å²) < 4.78 is 21.1. The van der Waals surface area contributed by atoms with Crippen molar-refractivity contribution in [2.75, 3.05) is 6.61 Å². The average molecular weight is 611 g/mol. The summed E-state index contributed by atoms with van der Waals surface area (Å²) in [5, 5.41) is 12.6. The van der Waals surface area contributed by atoms with E-state index < -0.39 is 16.6 Å². The van der Waals surface area contributed by atoms with E-state index in [0.717, 1.165) is 25.0 Å². The third kappa shape index (κ3) is 7.86. The summed E-state index contributed by atoms with van der Waals surface area (Å²) in [4.78, 5) is 0. The Bertz CT molecular complexity index is 1040. The van der Waals surface area contributed by atoms with Crippen LogP contribution in [0, 0.1) is 0 Å². The third-order valence-electron chi connectivity index (χ3n) is 9.23. The van der Waals surface area contributed by atoms with Gasteiger partial charge in [-0.15, -0.1) is 0 Å². The first-order valence-corrected chi connectivity index (χ1v) is 20.3. The molecular weight excluding hydrogens is 553 g/mol. The maximum absolute atomic E-state index is 10.0. The third-order valence-corrected chi connectivity index (χ3v) is 20.4. The van der Waals surface area contributed by atoms with Crippen molar-refractivity contribution in [2.24, 2.45) is 0 Å². The van der Waals surface area contributed by atoms with Crippen molar-refractivity contribution in [1.29, 1.82) is 0 Å². The molecule has 4 nitrogen and oxygen atoms in total. The predicted molar refractivity (Wildman–Crippen MR) is 183 cm³/mol. The van der Waals surface area contributed by atoms with Gasteiger partial charge in [0.05, 0.1) is 18.0 Å². The van der Waals surface area contributed by atoms with Crippen molar-refractivity contribution in [1.82, 2.24) is 0 Å². The molecule has 0 saturated heterocycles. The van der Waals surface area contributed by atoms with Crippen LogP contribution in [0.25, 0.3) is 0 Å². The van der Waals surface area contributed by atoms with Gasteiger partial charge >= 0.3 is 0 Å². The monoisotopic (exact) mass is 610 g/mol. The van der Waals surface area contributed by atoms with Gasteiger partial charge in [0.2, 0.25) is 8.32 Å². The topological polar surface area (TPSA) is 47.9 Å². The lowest BCUT2D eigenvalue weighted by molar-refractivity contribution is 0.0258. The first-order chi connectivity index (χ1) is 19.7. The van der Waals surface area contributed by atoms with E-state index in [2.05, 4.69) is 129 Å². The minimum absolute atomic E-state index is 0.0143. The molecule has 1 aliphatic heterocycles. The quantitative estimate of drug-likeness (QED) is 0.218. The van der Waals surface area contributed by atoms with Crippen molar-refractivity contribution in [2.45, 2.75) is 135 Å². The van der Waals surface area contributed by atoms with Crippen molar-refractivity contribution in [3.05, 3.63) is 72.5 Å². The summed E-state index contributed by atoms with van der Waals surface area (Å²) in [6.45, 7) is 23.5. The molecule has 0 aromatic heterocycles. The maximum Gasteiger partial charge on any atom is 0.261 e. The highest BCUT2D eigenvalue weighted by Crippen LogP contribution is 2.44. The molecule has 1 unspecified atom stereocenters. The molecular formula is C36H58O4Si2. The summed E-state index contributed by atoms with van der Waals surface area (Å²) in [5.41, 5.74) is 1.56. The Balaban J connectivity index is 1.89. The Kier molecular flexibility index (Phi) is 12.3. The fraction of sp³-hybridized carbons (Fsp3) is 0.611. The second-order valence-electron chi connectivity index (χ2n) is 14.3. The zero-order chi connectivity index (χ0) is 31.1. The van der Waals surface area contributed by atoms with Crippen LogP contribution < -0.4 is 10.4 Å². The fourth-order valence-electron chi connectivity index (χ4n) is 7.36. The Morgan fingerprint density at radius 3 is 1.76 bits per heavy atom. The second-order valence-corrected chi connectivity index (χ2v) is 24.0. The molecule has 0 aliphatic carbocycles. The van der Waals surface area contributed by atoms with E-state index in [9.17, 15) is 5.11 Å². The minimum atomic E-state index is -2.61. The van der Waals surface area contributed by atoms with Gasteiger partial charge < -0.3 is 18.7 Å². The Morgan fingerprint density at radius 1 is 0.833 bits per heavy atom. The molecule has 234 valence electrons. The molecule has 0 spiro atoms. The molecule has 0 radical (unpaired) electrons. The van der Waals surface area contributed by atoms with Gasteiger partial charge in [-0.3, -0.25) is 0 Å². The number of benzene rings is 2. The summed E-state index contributed by atoms with van der Waals surface area (Å²) in [5.74, 6) is 0.960. The lowest BCUT2D eigenvalue weighted by Gasteiger charge is -2.46. The minimum Gasteiger partial charge on any atom is -0.495 e. The highest BCUT2D eigenvalue weighted by atomic mass is 28.4. The molecule has 0 saturated carbocycles. The van der Waals surface area contributed by atoms with Crippen molar-refractivity contribution in [3.63, 3.8) is 0 Å². The number of rotatable bonds is 14. The van der Waals surface area contributed by atoms with E-state index in [1.807, 2.05) is 6.92 Å². The largest absolute Gasteiger partial charge is 0.495 e. The lowest BCUT2D eigenvalue weighted by Crippen LogP contribution is -2.66. The molecule has 0 fully saturated rings. The average Bonchev–Trinajstić information content (AvgIpc) is 2.92. The Morgan fingerprint density at radius 2 is 1.33 bits per heavy atom. The fourth-order valence-corrected chi connectivity index (χ4v) is 17.4. The van der Waals surface area contributed by atoms with Crippen LogP contribution in [0.3, 0.4) is 0 Å². The predicted octanol–water partition coefficient (Wildman–Crippen LogP) is 8.35. The van der Waals surface area contributed by atoms with Crippen LogP contribution in [0.5, 0.6) is 0 Å². The molecule has 1 heterocycles. The van der Waals surface area contributed by atoms with Gasteiger partial charge in [0.25, 0.3) is 8.32 Å². The highest BCUT2D eigenvalue weighted by Gasteiger charge is 2.50. The molecule has 1 N–H and O–H groups in total. The summed E-state index contributed by atoms with van der Waals surface area (Å²) in [7, 11) is -4.68.